The Hall–Kier alpha value is -2.29. The van der Waals surface area contributed by atoms with Gasteiger partial charge in [0.1, 0.15) is 22.4 Å². The van der Waals surface area contributed by atoms with E-state index in [2.05, 4.69) is 20.4 Å². The number of hydroxylamine groups is 1. The predicted molar refractivity (Wildman–Crippen MR) is 82.2 cm³/mol. The Kier molecular flexibility index (Phi) is 3.44. The van der Waals surface area contributed by atoms with Crippen molar-refractivity contribution in [2.45, 2.75) is 32.5 Å². The van der Waals surface area contributed by atoms with Gasteiger partial charge in [-0.1, -0.05) is 0 Å². The summed E-state index contributed by atoms with van der Waals surface area (Å²) < 4.78 is 1.81. The van der Waals surface area contributed by atoms with Crippen molar-refractivity contribution in [1.29, 1.82) is 0 Å². The topological polar surface area (TPSA) is 122 Å². The molecular weight excluding hydrogens is 284 g/mol. The van der Waals surface area contributed by atoms with E-state index in [1.165, 1.54) is 0 Å². The van der Waals surface area contributed by atoms with E-state index in [0.717, 1.165) is 0 Å². The largest absolute Gasteiger partial charge is 0.389 e. The van der Waals surface area contributed by atoms with E-state index in [1.807, 2.05) is 10.6 Å². The first-order valence-corrected chi connectivity index (χ1v) is 6.89. The van der Waals surface area contributed by atoms with E-state index in [-0.39, 0.29) is 13.1 Å². The molecule has 3 rings (SSSR count). The summed E-state index contributed by atoms with van der Waals surface area (Å²) in [4.78, 5) is 13.1. The highest BCUT2D eigenvalue weighted by Crippen LogP contribution is 2.28. The molecule has 22 heavy (non-hydrogen) atoms. The third-order valence-electron chi connectivity index (χ3n) is 3.32. The number of fused-ring (bicyclic) bond motifs is 3. The molecule has 0 bridgehead atoms. The van der Waals surface area contributed by atoms with Crippen LogP contribution >= 0.6 is 0 Å². The number of nitrogens with zero attached hydrogens (tertiary/aromatic N) is 4. The Labute approximate surface area is 126 Å². The predicted octanol–water partition coefficient (Wildman–Crippen LogP) is 0.811. The summed E-state index contributed by atoms with van der Waals surface area (Å²) in [5, 5.41) is 19.2. The molecule has 0 unspecified atom stereocenters. The van der Waals surface area contributed by atoms with Crippen molar-refractivity contribution in [3.05, 3.63) is 24.2 Å². The number of nitrogen functional groups attached to an aromatic ring is 1. The lowest BCUT2D eigenvalue weighted by Gasteiger charge is -2.20. The van der Waals surface area contributed by atoms with Crippen LogP contribution in [0.1, 0.15) is 19.7 Å². The highest BCUT2D eigenvalue weighted by Gasteiger charge is 2.22. The molecule has 0 amide bonds. The number of nitrogens with two attached hydrogens (primary N) is 1. The average molecular weight is 302 g/mol. The Balaban J connectivity index is 2.39. The van der Waals surface area contributed by atoms with Crippen LogP contribution < -0.4 is 11.2 Å². The van der Waals surface area contributed by atoms with Crippen molar-refractivity contribution < 1.29 is 10.3 Å². The van der Waals surface area contributed by atoms with Crippen LogP contribution in [0, 0.1) is 0 Å². The maximum atomic E-state index is 10.2. The fourth-order valence-corrected chi connectivity index (χ4v) is 2.53. The van der Waals surface area contributed by atoms with Crippen LogP contribution in [0.3, 0.4) is 0 Å². The second-order valence-electron chi connectivity index (χ2n) is 5.83. The number of nitrogens with one attached hydrogen (secondary N) is 1. The number of pyridine rings is 2. The highest BCUT2D eigenvalue weighted by atomic mass is 16.5. The average Bonchev–Trinajstić information content (AvgIpc) is 2.77. The number of hydrogen-bond donors (Lipinski definition) is 4. The number of hydrogen-bond acceptors (Lipinski definition) is 7. The van der Waals surface area contributed by atoms with Crippen LogP contribution in [-0.2, 0) is 13.1 Å². The molecule has 0 radical (unpaired) electrons. The normalized spacial score (nSPS) is 12.4. The fraction of sp³-hybridized carbons (Fsp3) is 0.357. The highest BCUT2D eigenvalue weighted by molar-refractivity contribution is 6.04. The number of anilines is 1. The Morgan fingerprint density at radius 2 is 2.09 bits per heavy atom. The Morgan fingerprint density at radius 1 is 1.32 bits per heavy atom. The lowest BCUT2D eigenvalue weighted by molar-refractivity contribution is 0.0607. The SMILES string of the molecule is CC(C)(O)Cn1c(CNO)nc2c(N)nc3cccnc3c21. The van der Waals surface area contributed by atoms with Gasteiger partial charge in [-0.3, -0.25) is 4.98 Å². The maximum Gasteiger partial charge on any atom is 0.152 e. The second-order valence-corrected chi connectivity index (χ2v) is 5.83. The minimum Gasteiger partial charge on any atom is -0.389 e. The molecule has 0 aliphatic heterocycles. The summed E-state index contributed by atoms with van der Waals surface area (Å²) in [6.07, 6.45) is 1.67. The van der Waals surface area contributed by atoms with Crippen LogP contribution in [0.25, 0.3) is 22.1 Å². The molecule has 0 saturated carbocycles. The third kappa shape index (κ3) is 2.47. The first kappa shape index (κ1) is 14.6. The van der Waals surface area contributed by atoms with Crippen molar-refractivity contribution in [3.8, 4) is 0 Å². The van der Waals surface area contributed by atoms with Crippen molar-refractivity contribution in [3.63, 3.8) is 0 Å². The molecule has 0 aromatic carbocycles. The summed E-state index contributed by atoms with van der Waals surface area (Å²) >= 11 is 0. The summed E-state index contributed by atoms with van der Waals surface area (Å²) in [5.74, 6) is 0.843. The monoisotopic (exact) mass is 302 g/mol. The van der Waals surface area contributed by atoms with Gasteiger partial charge >= 0.3 is 0 Å². The van der Waals surface area contributed by atoms with Gasteiger partial charge in [0, 0.05) is 6.20 Å². The third-order valence-corrected chi connectivity index (χ3v) is 3.32. The molecule has 0 aliphatic rings. The van der Waals surface area contributed by atoms with E-state index in [0.29, 0.717) is 33.7 Å². The summed E-state index contributed by atoms with van der Waals surface area (Å²) in [5.41, 5.74) is 9.67. The van der Waals surface area contributed by atoms with Crippen LogP contribution in [0.15, 0.2) is 18.3 Å². The van der Waals surface area contributed by atoms with Gasteiger partial charge < -0.3 is 20.6 Å². The first-order valence-electron chi connectivity index (χ1n) is 6.89. The standard InChI is InChI=1S/C14H18N6O2/c1-14(2,21)7-20-9(6-17-22)19-11-12(20)10-8(18-13(11)15)4-3-5-16-10/h3-5,17,21-22H,6-7H2,1-2H3,(H2,15,18). The molecule has 0 aliphatic carbocycles. The quantitative estimate of drug-likeness (QED) is 0.526. The van der Waals surface area contributed by atoms with Gasteiger partial charge in [0.05, 0.1) is 24.2 Å². The van der Waals surface area contributed by atoms with Crippen molar-refractivity contribution in [1.82, 2.24) is 25.0 Å². The molecule has 3 aromatic heterocycles. The summed E-state index contributed by atoms with van der Waals surface area (Å²) in [6, 6.07) is 3.61. The molecule has 0 fully saturated rings. The zero-order valence-corrected chi connectivity index (χ0v) is 12.4. The van der Waals surface area contributed by atoms with E-state index < -0.39 is 5.60 Å². The molecule has 5 N–H and O–H groups in total. The molecule has 0 saturated heterocycles. The summed E-state index contributed by atoms with van der Waals surface area (Å²) in [6.45, 7) is 3.82. The number of imidazole rings is 1. The van der Waals surface area contributed by atoms with Gasteiger partial charge in [0.25, 0.3) is 0 Å². The van der Waals surface area contributed by atoms with Crippen LogP contribution in [0.2, 0.25) is 0 Å². The lowest BCUT2D eigenvalue weighted by atomic mass is 10.1. The van der Waals surface area contributed by atoms with Gasteiger partial charge in [0.2, 0.25) is 0 Å². The van der Waals surface area contributed by atoms with Gasteiger partial charge in [-0.05, 0) is 26.0 Å². The van der Waals surface area contributed by atoms with E-state index in [1.54, 1.807) is 26.1 Å². The van der Waals surface area contributed by atoms with Gasteiger partial charge in [-0.25, -0.2) is 9.97 Å². The second kappa shape index (κ2) is 5.16. The molecular formula is C14H18N6O2. The van der Waals surface area contributed by atoms with Crippen LogP contribution in [0.5, 0.6) is 0 Å². The molecule has 116 valence electrons. The number of rotatable bonds is 4. The molecule has 8 heteroatoms. The minimum absolute atomic E-state index is 0.124. The van der Waals surface area contributed by atoms with Gasteiger partial charge in [0.15, 0.2) is 5.82 Å². The molecule has 0 spiro atoms. The van der Waals surface area contributed by atoms with Crippen LogP contribution in [-0.4, -0.2) is 35.4 Å². The number of aromatic nitrogens is 4. The van der Waals surface area contributed by atoms with E-state index in [9.17, 15) is 5.11 Å². The fourth-order valence-electron chi connectivity index (χ4n) is 2.53. The lowest BCUT2D eigenvalue weighted by Crippen LogP contribution is -2.28. The Morgan fingerprint density at radius 3 is 2.77 bits per heavy atom. The van der Waals surface area contributed by atoms with Crippen molar-refractivity contribution in [2.75, 3.05) is 5.73 Å². The van der Waals surface area contributed by atoms with Gasteiger partial charge in [-0.15, -0.1) is 0 Å². The van der Waals surface area contributed by atoms with E-state index >= 15 is 0 Å². The number of aliphatic hydroxyl groups is 1. The minimum atomic E-state index is -0.961. The smallest absolute Gasteiger partial charge is 0.152 e. The van der Waals surface area contributed by atoms with Gasteiger partial charge in [-0.2, -0.15) is 5.48 Å². The zero-order chi connectivity index (χ0) is 15.9. The molecule has 8 nitrogen and oxygen atoms in total. The first-order chi connectivity index (χ1) is 10.4. The van der Waals surface area contributed by atoms with Crippen LogP contribution in [0.4, 0.5) is 5.82 Å². The maximum absolute atomic E-state index is 10.2. The van der Waals surface area contributed by atoms with Crippen molar-refractivity contribution in [2.24, 2.45) is 0 Å². The molecule has 3 aromatic rings. The molecule has 0 atom stereocenters. The Bertz CT molecular complexity index is 837. The zero-order valence-electron chi connectivity index (χ0n) is 12.4. The van der Waals surface area contributed by atoms with E-state index in [4.69, 9.17) is 10.9 Å². The molecule has 3 heterocycles. The van der Waals surface area contributed by atoms with Crippen molar-refractivity contribution >= 4 is 27.9 Å². The summed E-state index contributed by atoms with van der Waals surface area (Å²) in [7, 11) is 0.